The van der Waals surface area contributed by atoms with E-state index < -0.39 is 0 Å². The van der Waals surface area contributed by atoms with Crippen LogP contribution >= 0.6 is 15.9 Å². The number of nitrogens with zero attached hydrogens (tertiary/aromatic N) is 3. The van der Waals surface area contributed by atoms with Gasteiger partial charge in [0.15, 0.2) is 0 Å². The molecule has 0 spiro atoms. The predicted octanol–water partition coefficient (Wildman–Crippen LogP) is 3.74. The van der Waals surface area contributed by atoms with Gasteiger partial charge >= 0.3 is 0 Å². The van der Waals surface area contributed by atoms with Crippen molar-refractivity contribution in [3.63, 3.8) is 0 Å². The molecule has 7 nitrogen and oxygen atoms in total. The second-order valence-corrected chi connectivity index (χ2v) is 8.35. The number of anilines is 1. The zero-order valence-electron chi connectivity index (χ0n) is 18.1. The molecule has 0 unspecified atom stereocenters. The summed E-state index contributed by atoms with van der Waals surface area (Å²) in [5.41, 5.74) is 1.16. The van der Waals surface area contributed by atoms with Crippen LogP contribution in [0.4, 0.5) is 5.82 Å². The average Bonchev–Trinajstić information content (AvgIpc) is 2.82. The molecule has 2 heterocycles. The number of unbranched alkanes of at least 4 members (excludes halogenated alkanes) is 2. The first kappa shape index (κ1) is 23.1. The van der Waals surface area contributed by atoms with E-state index >= 15 is 0 Å². The van der Waals surface area contributed by atoms with Crippen LogP contribution in [0.25, 0.3) is 0 Å². The largest absolute Gasteiger partial charge is 0.497 e. The van der Waals surface area contributed by atoms with Crippen LogP contribution < -0.4 is 15.0 Å². The SMILES string of the molecule is CCCCCNC(=O)c1ccc(N2CCN(C(=O)c3cc(OC)ccc3Br)CC2)nc1. The lowest BCUT2D eigenvalue weighted by Gasteiger charge is -2.35. The molecule has 0 atom stereocenters. The Hall–Kier alpha value is -2.61. The van der Waals surface area contributed by atoms with Crippen LogP contribution in [0, 0.1) is 0 Å². The van der Waals surface area contributed by atoms with Crippen molar-refractivity contribution in [1.82, 2.24) is 15.2 Å². The predicted molar refractivity (Wildman–Crippen MR) is 125 cm³/mol. The molecule has 1 fully saturated rings. The van der Waals surface area contributed by atoms with Gasteiger partial charge in [0.05, 0.1) is 18.2 Å². The van der Waals surface area contributed by atoms with Gasteiger partial charge in [0, 0.05) is 43.4 Å². The summed E-state index contributed by atoms with van der Waals surface area (Å²) in [7, 11) is 1.59. The van der Waals surface area contributed by atoms with E-state index in [0.29, 0.717) is 49.6 Å². The van der Waals surface area contributed by atoms with Gasteiger partial charge in [-0.3, -0.25) is 9.59 Å². The monoisotopic (exact) mass is 488 g/mol. The first-order chi connectivity index (χ1) is 15.0. The summed E-state index contributed by atoms with van der Waals surface area (Å²) in [6.45, 7) is 5.39. The highest BCUT2D eigenvalue weighted by molar-refractivity contribution is 9.10. The molecular formula is C23H29BrN4O3. The maximum atomic E-state index is 12.9. The number of carbonyl (C=O) groups is 2. The van der Waals surface area contributed by atoms with E-state index in [1.165, 1.54) is 0 Å². The first-order valence-corrected chi connectivity index (χ1v) is 11.4. The van der Waals surface area contributed by atoms with Crippen molar-refractivity contribution in [3.05, 3.63) is 52.1 Å². The molecule has 2 aromatic rings. The van der Waals surface area contributed by atoms with Crippen LogP contribution in [0.3, 0.4) is 0 Å². The standard InChI is InChI=1S/C23H29BrN4O3/c1-3-4-5-10-25-22(29)17-6-9-21(26-16-17)27-11-13-28(14-12-27)23(30)19-15-18(31-2)7-8-20(19)24/h6-9,15-16H,3-5,10-14H2,1-2H3,(H,25,29). The van der Waals surface area contributed by atoms with E-state index in [0.717, 1.165) is 29.6 Å². The van der Waals surface area contributed by atoms with Crippen LogP contribution in [0.2, 0.25) is 0 Å². The van der Waals surface area contributed by atoms with E-state index in [1.54, 1.807) is 19.4 Å². The molecule has 166 valence electrons. The molecule has 31 heavy (non-hydrogen) atoms. The number of pyridine rings is 1. The number of nitrogens with one attached hydrogen (secondary N) is 1. The smallest absolute Gasteiger partial charge is 0.255 e. The van der Waals surface area contributed by atoms with Gasteiger partial charge in [0.1, 0.15) is 11.6 Å². The second kappa shape index (κ2) is 11.1. The van der Waals surface area contributed by atoms with Gasteiger partial charge in [0.25, 0.3) is 11.8 Å². The van der Waals surface area contributed by atoms with Crippen molar-refractivity contribution >= 4 is 33.6 Å². The molecule has 0 radical (unpaired) electrons. The zero-order chi connectivity index (χ0) is 22.2. The fourth-order valence-electron chi connectivity index (χ4n) is 3.49. The van der Waals surface area contributed by atoms with Gasteiger partial charge in [-0.05, 0) is 52.7 Å². The van der Waals surface area contributed by atoms with Crippen LogP contribution in [0.1, 0.15) is 46.9 Å². The number of methoxy groups -OCH3 is 1. The summed E-state index contributed by atoms with van der Waals surface area (Å²) < 4.78 is 6.00. The van der Waals surface area contributed by atoms with Crippen molar-refractivity contribution < 1.29 is 14.3 Å². The van der Waals surface area contributed by atoms with Gasteiger partial charge in [0.2, 0.25) is 0 Å². The Labute approximate surface area is 191 Å². The quantitative estimate of drug-likeness (QED) is 0.572. The highest BCUT2D eigenvalue weighted by Gasteiger charge is 2.24. The molecule has 0 bridgehead atoms. The molecule has 1 aliphatic rings. The number of aromatic nitrogens is 1. The van der Waals surface area contributed by atoms with E-state index in [-0.39, 0.29) is 11.8 Å². The summed E-state index contributed by atoms with van der Waals surface area (Å²) in [6.07, 6.45) is 4.85. The van der Waals surface area contributed by atoms with Crippen LogP contribution in [-0.4, -0.2) is 61.5 Å². The fraction of sp³-hybridized carbons (Fsp3) is 0.435. The first-order valence-electron chi connectivity index (χ1n) is 10.7. The maximum Gasteiger partial charge on any atom is 0.255 e. The van der Waals surface area contributed by atoms with Gasteiger partial charge in [-0.15, -0.1) is 0 Å². The number of carbonyl (C=O) groups excluding carboxylic acids is 2. The molecule has 8 heteroatoms. The average molecular weight is 489 g/mol. The number of benzene rings is 1. The lowest BCUT2D eigenvalue weighted by Crippen LogP contribution is -2.49. The van der Waals surface area contributed by atoms with Crippen LogP contribution in [0.15, 0.2) is 41.0 Å². The molecule has 1 aromatic carbocycles. The number of ether oxygens (including phenoxy) is 1. The summed E-state index contributed by atoms with van der Waals surface area (Å²) >= 11 is 3.46. The van der Waals surface area contributed by atoms with E-state index in [1.807, 2.05) is 29.2 Å². The summed E-state index contributed by atoms with van der Waals surface area (Å²) in [5.74, 6) is 1.36. The van der Waals surface area contributed by atoms with E-state index in [2.05, 4.69) is 38.1 Å². The number of piperazine rings is 1. The Morgan fingerprint density at radius 3 is 2.55 bits per heavy atom. The van der Waals surface area contributed by atoms with Crippen molar-refractivity contribution in [2.45, 2.75) is 26.2 Å². The Bertz CT molecular complexity index is 896. The maximum absolute atomic E-state index is 12.9. The number of rotatable bonds is 8. The highest BCUT2D eigenvalue weighted by Crippen LogP contribution is 2.25. The number of hydrogen-bond acceptors (Lipinski definition) is 5. The molecule has 0 aliphatic carbocycles. The zero-order valence-corrected chi connectivity index (χ0v) is 19.7. The Morgan fingerprint density at radius 1 is 1.13 bits per heavy atom. The van der Waals surface area contributed by atoms with Gasteiger partial charge < -0.3 is 19.9 Å². The number of hydrogen-bond donors (Lipinski definition) is 1. The topological polar surface area (TPSA) is 74.8 Å². The second-order valence-electron chi connectivity index (χ2n) is 7.49. The lowest BCUT2D eigenvalue weighted by molar-refractivity contribution is 0.0745. The fourth-order valence-corrected chi connectivity index (χ4v) is 3.91. The van der Waals surface area contributed by atoms with Crippen molar-refractivity contribution in [1.29, 1.82) is 0 Å². The molecule has 1 aliphatic heterocycles. The third kappa shape index (κ3) is 5.97. The minimum Gasteiger partial charge on any atom is -0.497 e. The Balaban J connectivity index is 1.55. The van der Waals surface area contributed by atoms with Gasteiger partial charge in [-0.25, -0.2) is 4.98 Å². The van der Waals surface area contributed by atoms with Crippen LogP contribution in [-0.2, 0) is 0 Å². The molecule has 1 N–H and O–H groups in total. The summed E-state index contributed by atoms with van der Waals surface area (Å²) in [4.78, 5) is 33.6. The minimum absolute atomic E-state index is 0.0199. The Morgan fingerprint density at radius 2 is 1.90 bits per heavy atom. The molecular weight excluding hydrogens is 460 g/mol. The van der Waals surface area contributed by atoms with Crippen molar-refractivity contribution in [2.75, 3.05) is 44.7 Å². The summed E-state index contributed by atoms with van der Waals surface area (Å²) in [5, 5.41) is 2.93. The van der Waals surface area contributed by atoms with E-state index in [9.17, 15) is 9.59 Å². The minimum atomic E-state index is -0.0885. The molecule has 0 saturated carbocycles. The van der Waals surface area contributed by atoms with Crippen LogP contribution in [0.5, 0.6) is 5.75 Å². The highest BCUT2D eigenvalue weighted by atomic mass is 79.9. The third-order valence-electron chi connectivity index (χ3n) is 5.37. The van der Waals surface area contributed by atoms with Gasteiger partial charge in [-0.1, -0.05) is 19.8 Å². The van der Waals surface area contributed by atoms with Crippen molar-refractivity contribution in [3.8, 4) is 5.75 Å². The lowest BCUT2D eigenvalue weighted by atomic mass is 10.1. The van der Waals surface area contributed by atoms with E-state index in [4.69, 9.17) is 4.74 Å². The normalized spacial score (nSPS) is 13.8. The molecule has 1 aromatic heterocycles. The van der Waals surface area contributed by atoms with Gasteiger partial charge in [-0.2, -0.15) is 0 Å². The molecule has 2 amide bonds. The number of amides is 2. The summed E-state index contributed by atoms with van der Waals surface area (Å²) in [6, 6.07) is 9.08. The molecule has 3 rings (SSSR count). The molecule has 1 saturated heterocycles. The Kier molecular flexibility index (Phi) is 8.28. The van der Waals surface area contributed by atoms with Crippen molar-refractivity contribution in [2.24, 2.45) is 0 Å². The number of halogens is 1. The third-order valence-corrected chi connectivity index (χ3v) is 6.06.